The monoisotopic (exact) mass is 369 g/mol. The maximum absolute atomic E-state index is 9.07. The van der Waals surface area contributed by atoms with Crippen LogP contribution in [0, 0.1) is 0 Å². The van der Waals surface area contributed by atoms with Crippen molar-refractivity contribution in [2.45, 2.75) is 16.2 Å². The van der Waals surface area contributed by atoms with Gasteiger partial charge in [0.1, 0.15) is 0 Å². The van der Waals surface area contributed by atoms with E-state index in [9.17, 15) is 0 Å². The summed E-state index contributed by atoms with van der Waals surface area (Å²) < 4.78 is 0. The van der Waals surface area contributed by atoms with Crippen LogP contribution in [0.15, 0.2) is 58.3 Å². The van der Waals surface area contributed by atoms with Crippen LogP contribution in [0.2, 0.25) is 0 Å². The van der Waals surface area contributed by atoms with Crippen molar-refractivity contribution in [2.24, 2.45) is 0 Å². The van der Waals surface area contributed by atoms with Gasteiger partial charge in [0.15, 0.2) is 0 Å². The third kappa shape index (κ3) is 3.91. The minimum Gasteiger partial charge on any atom is -0.395 e. The van der Waals surface area contributed by atoms with E-state index in [1.54, 1.807) is 0 Å². The van der Waals surface area contributed by atoms with Gasteiger partial charge < -0.3 is 14.9 Å². The summed E-state index contributed by atoms with van der Waals surface area (Å²) in [7, 11) is 0. The number of fused-ring (bicyclic) bond motifs is 2. The van der Waals surface area contributed by atoms with Crippen LogP contribution < -0.4 is 4.90 Å². The number of hydrogen-bond donors (Lipinski definition) is 1. The highest BCUT2D eigenvalue weighted by Crippen LogP contribution is 2.47. The molecule has 2 aliphatic rings. The number of hydrogen-bond acceptors (Lipinski definition) is 5. The molecule has 1 N–H and O–H groups in total. The lowest BCUT2D eigenvalue weighted by atomic mass is 10.2. The Morgan fingerprint density at radius 3 is 1.85 bits per heavy atom. The molecule has 1 saturated heterocycles. The van der Waals surface area contributed by atoms with Crippen molar-refractivity contribution >= 4 is 23.1 Å². The first-order chi connectivity index (χ1) is 12.8. The Kier molecular flexibility index (Phi) is 5.80. The second-order valence-electron chi connectivity index (χ2n) is 6.95. The molecule has 2 aromatic carbocycles. The number of β-amino-alcohol motifs (C(OH)–C–C–N with tert-alkyl or cyclic N) is 1. The Hall–Kier alpha value is -1.53. The van der Waals surface area contributed by atoms with Crippen LogP contribution in [0.1, 0.15) is 6.42 Å². The van der Waals surface area contributed by atoms with Crippen molar-refractivity contribution in [3.8, 4) is 0 Å². The van der Waals surface area contributed by atoms with Gasteiger partial charge in [-0.3, -0.25) is 4.90 Å². The molecule has 0 aromatic heterocycles. The lowest BCUT2D eigenvalue weighted by Gasteiger charge is -2.36. The van der Waals surface area contributed by atoms with Gasteiger partial charge in [-0.25, -0.2) is 0 Å². The van der Waals surface area contributed by atoms with Crippen molar-refractivity contribution in [2.75, 3.05) is 57.3 Å². The first-order valence-corrected chi connectivity index (χ1v) is 10.4. The summed E-state index contributed by atoms with van der Waals surface area (Å²) in [5.41, 5.74) is 2.67. The lowest BCUT2D eigenvalue weighted by molar-refractivity contribution is 0.112. The fourth-order valence-corrected chi connectivity index (χ4v) is 4.95. The number of rotatable bonds is 6. The molecule has 0 atom stereocenters. The van der Waals surface area contributed by atoms with Gasteiger partial charge in [-0.2, -0.15) is 0 Å². The van der Waals surface area contributed by atoms with E-state index in [4.69, 9.17) is 5.11 Å². The van der Waals surface area contributed by atoms with Gasteiger partial charge in [-0.15, -0.1) is 0 Å². The number of aliphatic hydroxyl groups excluding tert-OH is 1. The third-order valence-corrected chi connectivity index (χ3v) is 6.40. The largest absolute Gasteiger partial charge is 0.395 e. The number of para-hydroxylation sites is 2. The highest BCUT2D eigenvalue weighted by molar-refractivity contribution is 7.99. The second-order valence-corrected chi connectivity index (χ2v) is 8.03. The van der Waals surface area contributed by atoms with Crippen molar-refractivity contribution in [1.82, 2.24) is 9.80 Å². The van der Waals surface area contributed by atoms with E-state index < -0.39 is 0 Å². The van der Waals surface area contributed by atoms with E-state index in [1.165, 1.54) is 21.2 Å². The minimum absolute atomic E-state index is 0.270. The Labute approximate surface area is 160 Å². The molecule has 138 valence electrons. The highest BCUT2D eigenvalue weighted by atomic mass is 32.2. The van der Waals surface area contributed by atoms with E-state index >= 15 is 0 Å². The summed E-state index contributed by atoms with van der Waals surface area (Å²) in [5, 5.41) is 9.07. The Morgan fingerprint density at radius 2 is 1.27 bits per heavy atom. The average molecular weight is 370 g/mol. The smallest absolute Gasteiger partial charge is 0.0558 e. The summed E-state index contributed by atoms with van der Waals surface area (Å²) in [4.78, 5) is 10.1. The summed E-state index contributed by atoms with van der Waals surface area (Å²) in [6, 6.07) is 17.5. The molecule has 0 radical (unpaired) electrons. The van der Waals surface area contributed by atoms with E-state index in [0.717, 1.165) is 52.2 Å². The molecule has 2 aliphatic heterocycles. The Balaban J connectivity index is 1.38. The molecule has 0 bridgehead atoms. The molecule has 2 aromatic rings. The van der Waals surface area contributed by atoms with Crippen LogP contribution in [0.25, 0.3) is 0 Å². The quantitative estimate of drug-likeness (QED) is 0.844. The molecule has 4 rings (SSSR count). The molecule has 0 saturated carbocycles. The number of piperazine rings is 1. The molecule has 0 amide bonds. The zero-order valence-corrected chi connectivity index (χ0v) is 16.0. The summed E-state index contributed by atoms with van der Waals surface area (Å²) in [5.74, 6) is 0. The average Bonchev–Trinajstić information content (AvgIpc) is 2.69. The van der Waals surface area contributed by atoms with Crippen molar-refractivity contribution in [1.29, 1.82) is 0 Å². The van der Waals surface area contributed by atoms with Crippen molar-refractivity contribution in [3.63, 3.8) is 0 Å². The minimum atomic E-state index is 0.270. The van der Waals surface area contributed by atoms with E-state index in [0.29, 0.717) is 0 Å². The first kappa shape index (κ1) is 17.9. The van der Waals surface area contributed by atoms with E-state index in [1.807, 2.05) is 11.8 Å². The van der Waals surface area contributed by atoms with E-state index in [2.05, 4.69) is 63.2 Å². The van der Waals surface area contributed by atoms with Crippen LogP contribution >= 0.6 is 11.8 Å². The molecule has 5 heteroatoms. The highest BCUT2D eigenvalue weighted by Gasteiger charge is 2.23. The van der Waals surface area contributed by atoms with Gasteiger partial charge in [-0.1, -0.05) is 36.0 Å². The molecule has 26 heavy (non-hydrogen) atoms. The van der Waals surface area contributed by atoms with Crippen LogP contribution in [0.4, 0.5) is 11.4 Å². The zero-order chi connectivity index (χ0) is 17.8. The fraction of sp³-hybridized carbons (Fsp3) is 0.429. The van der Waals surface area contributed by atoms with Crippen LogP contribution in [0.5, 0.6) is 0 Å². The number of nitrogens with zero attached hydrogens (tertiary/aromatic N) is 3. The van der Waals surface area contributed by atoms with Gasteiger partial charge >= 0.3 is 0 Å². The Bertz CT molecular complexity index is 685. The van der Waals surface area contributed by atoms with Crippen LogP contribution in [-0.2, 0) is 0 Å². The molecule has 2 heterocycles. The van der Waals surface area contributed by atoms with Crippen LogP contribution in [-0.4, -0.2) is 67.3 Å². The number of aliphatic hydroxyl groups is 1. The number of anilines is 2. The molecule has 1 fully saturated rings. The number of benzene rings is 2. The van der Waals surface area contributed by atoms with Gasteiger partial charge in [0.05, 0.1) is 18.0 Å². The maximum Gasteiger partial charge on any atom is 0.0558 e. The lowest BCUT2D eigenvalue weighted by Crippen LogP contribution is -2.47. The maximum atomic E-state index is 9.07. The predicted octanol–water partition coefficient (Wildman–Crippen LogP) is 3.29. The first-order valence-electron chi connectivity index (χ1n) is 9.54. The predicted molar refractivity (Wildman–Crippen MR) is 109 cm³/mol. The van der Waals surface area contributed by atoms with Gasteiger partial charge in [-0.05, 0) is 37.2 Å². The molecule has 0 aliphatic carbocycles. The molecule has 4 nitrogen and oxygen atoms in total. The van der Waals surface area contributed by atoms with Gasteiger partial charge in [0, 0.05) is 49.1 Å². The fourth-order valence-electron chi connectivity index (χ4n) is 3.85. The van der Waals surface area contributed by atoms with E-state index in [-0.39, 0.29) is 6.61 Å². The topological polar surface area (TPSA) is 30.0 Å². The van der Waals surface area contributed by atoms with Crippen molar-refractivity contribution in [3.05, 3.63) is 48.5 Å². The van der Waals surface area contributed by atoms with Crippen LogP contribution in [0.3, 0.4) is 0 Å². The molecule has 0 unspecified atom stereocenters. The molecular formula is C21H27N3OS. The second kappa shape index (κ2) is 8.44. The zero-order valence-electron chi connectivity index (χ0n) is 15.2. The van der Waals surface area contributed by atoms with Gasteiger partial charge in [0.25, 0.3) is 0 Å². The van der Waals surface area contributed by atoms with Gasteiger partial charge in [0.2, 0.25) is 0 Å². The molecule has 0 spiro atoms. The summed E-state index contributed by atoms with van der Waals surface area (Å²) in [6.07, 6.45) is 1.16. The van der Waals surface area contributed by atoms with Crippen molar-refractivity contribution < 1.29 is 5.11 Å². The standard InChI is InChI=1S/C21H27N3OS/c25-17-16-23-14-12-22(13-15-23)10-5-11-24-18-6-1-3-8-20(18)26-21-9-4-2-7-19(21)24/h1-4,6-9,25H,5,10-17H2. The summed E-state index contributed by atoms with van der Waals surface area (Å²) in [6.45, 7) is 7.65. The third-order valence-electron chi connectivity index (χ3n) is 5.27. The normalized spacial score (nSPS) is 17.8. The Morgan fingerprint density at radius 1 is 0.731 bits per heavy atom. The summed E-state index contributed by atoms with van der Waals surface area (Å²) >= 11 is 1.87. The SMILES string of the molecule is OCCN1CCN(CCCN2c3ccccc3Sc3ccccc32)CC1. The molecular weight excluding hydrogens is 342 g/mol.